The van der Waals surface area contributed by atoms with Gasteiger partial charge in [-0.25, -0.2) is 9.59 Å². The van der Waals surface area contributed by atoms with Gasteiger partial charge in [0.25, 0.3) is 0 Å². The molecule has 0 radical (unpaired) electrons. The summed E-state index contributed by atoms with van der Waals surface area (Å²) in [5.41, 5.74) is 0. The molecule has 164 valence electrons. The van der Waals surface area contributed by atoms with E-state index in [1.807, 2.05) is 0 Å². The molecule has 0 saturated heterocycles. The summed E-state index contributed by atoms with van der Waals surface area (Å²) in [6, 6.07) is 0. The Morgan fingerprint density at radius 2 is 1.21 bits per heavy atom. The van der Waals surface area contributed by atoms with Gasteiger partial charge in [-0.2, -0.15) is 0 Å². The summed E-state index contributed by atoms with van der Waals surface area (Å²) in [4.78, 5) is 21.2. The van der Waals surface area contributed by atoms with Gasteiger partial charge in [0, 0.05) is 25.4 Å². The molecule has 8 heteroatoms. The van der Waals surface area contributed by atoms with E-state index < -0.39 is 5.97 Å². The molecular formula is C20H36O8. The highest BCUT2D eigenvalue weighted by atomic mass is 16.6. The van der Waals surface area contributed by atoms with Crippen molar-refractivity contribution in [1.82, 2.24) is 0 Å². The number of carbonyl (C=O) groups excluding carboxylic acids is 2. The fourth-order valence-corrected chi connectivity index (χ4v) is 1.61. The van der Waals surface area contributed by atoms with Crippen LogP contribution < -0.4 is 0 Å². The fourth-order valence-electron chi connectivity index (χ4n) is 1.61. The van der Waals surface area contributed by atoms with Crippen molar-refractivity contribution in [2.45, 2.75) is 32.6 Å². The first kappa shape index (κ1) is 28.5. The summed E-state index contributed by atoms with van der Waals surface area (Å²) in [7, 11) is 0. The van der Waals surface area contributed by atoms with Crippen molar-refractivity contribution in [3.8, 4) is 0 Å². The van der Waals surface area contributed by atoms with Gasteiger partial charge in [-0.15, -0.1) is 0 Å². The van der Waals surface area contributed by atoms with Crippen molar-refractivity contribution < 1.29 is 38.4 Å². The van der Waals surface area contributed by atoms with Crippen molar-refractivity contribution >= 4 is 11.9 Å². The molecule has 0 bridgehead atoms. The molecule has 8 nitrogen and oxygen atoms in total. The van der Waals surface area contributed by atoms with E-state index in [9.17, 15) is 9.59 Å². The number of rotatable bonds is 18. The third-order valence-electron chi connectivity index (χ3n) is 2.94. The maximum Gasteiger partial charge on any atom is 0.330 e. The molecule has 0 saturated carbocycles. The van der Waals surface area contributed by atoms with Crippen LogP contribution in [-0.4, -0.2) is 76.5 Å². The van der Waals surface area contributed by atoms with Crippen LogP contribution >= 0.6 is 0 Å². The Bertz CT molecular complexity index is 348. The molecule has 0 aromatic rings. The Morgan fingerprint density at radius 1 is 0.714 bits per heavy atom. The molecule has 0 unspecified atom stereocenters. The van der Waals surface area contributed by atoms with Crippen LogP contribution in [-0.2, 0) is 33.3 Å². The zero-order chi connectivity index (χ0) is 21.3. The molecule has 0 aromatic carbocycles. The number of unbranched alkanes of at least 4 members (excludes halogenated alkanes) is 2. The monoisotopic (exact) mass is 404 g/mol. The lowest BCUT2D eigenvalue weighted by atomic mass is 10.2. The van der Waals surface area contributed by atoms with Crippen LogP contribution in [0, 0.1) is 0 Å². The second kappa shape index (κ2) is 25.3. The molecule has 0 aliphatic carbocycles. The number of hydrogen-bond acceptors (Lipinski definition) is 8. The Hall–Kier alpha value is -1.74. The lowest BCUT2D eigenvalue weighted by molar-refractivity contribution is -0.139. The second-order valence-corrected chi connectivity index (χ2v) is 5.36. The first-order valence-corrected chi connectivity index (χ1v) is 9.54. The van der Waals surface area contributed by atoms with Crippen molar-refractivity contribution in [2.75, 3.05) is 59.5 Å². The lowest BCUT2D eigenvalue weighted by Crippen LogP contribution is -2.12. The first-order chi connectivity index (χ1) is 13.6. The number of hydrogen-bond donors (Lipinski definition) is 1. The number of esters is 2. The molecule has 0 heterocycles. The molecular weight excluding hydrogens is 368 g/mol. The summed E-state index contributed by atoms with van der Waals surface area (Å²) in [6.07, 6.45) is 6.32. The first-order valence-electron chi connectivity index (χ1n) is 9.54. The zero-order valence-electron chi connectivity index (χ0n) is 17.1. The maximum atomic E-state index is 10.6. The lowest BCUT2D eigenvalue weighted by Gasteiger charge is -2.04. The predicted molar refractivity (Wildman–Crippen MR) is 106 cm³/mol. The molecule has 1 N–H and O–H groups in total. The van der Waals surface area contributed by atoms with Gasteiger partial charge in [-0.1, -0.05) is 20.1 Å². The molecule has 0 aromatic heterocycles. The molecule has 0 fully saturated rings. The molecule has 0 aliphatic rings. The van der Waals surface area contributed by atoms with Gasteiger partial charge < -0.3 is 28.8 Å². The van der Waals surface area contributed by atoms with E-state index >= 15 is 0 Å². The van der Waals surface area contributed by atoms with E-state index in [1.54, 1.807) is 0 Å². The van der Waals surface area contributed by atoms with E-state index in [0.717, 1.165) is 45.0 Å². The summed E-state index contributed by atoms with van der Waals surface area (Å²) < 4.78 is 24.8. The highest BCUT2D eigenvalue weighted by Gasteiger charge is 1.95. The standard InChI is InChI=1S/C11H20O3.C9H16O5/c1-3-8-13-9-6-5-7-10-14-11(12)4-2;1-2-9(11)14-8-7-13-6-5-12-4-3-10/h4H,2-3,5-10H2,1H3;2,10H,1,3-8H2. The average molecular weight is 405 g/mol. The summed E-state index contributed by atoms with van der Waals surface area (Å²) in [5, 5.41) is 8.36. The van der Waals surface area contributed by atoms with E-state index in [0.29, 0.717) is 33.0 Å². The van der Waals surface area contributed by atoms with Gasteiger partial charge in [0.15, 0.2) is 0 Å². The van der Waals surface area contributed by atoms with E-state index in [-0.39, 0.29) is 19.2 Å². The fraction of sp³-hybridized carbons (Fsp3) is 0.700. The Kier molecular flexibility index (Phi) is 25.7. The van der Waals surface area contributed by atoms with Crippen molar-refractivity contribution in [2.24, 2.45) is 0 Å². The minimum Gasteiger partial charge on any atom is -0.463 e. The topological polar surface area (TPSA) is 101 Å². The summed E-state index contributed by atoms with van der Waals surface area (Å²) in [6.45, 7) is 12.5. The highest BCUT2D eigenvalue weighted by molar-refractivity contribution is 5.81. The number of carbonyl (C=O) groups is 2. The van der Waals surface area contributed by atoms with Gasteiger partial charge in [0.05, 0.1) is 39.6 Å². The van der Waals surface area contributed by atoms with Gasteiger partial charge >= 0.3 is 11.9 Å². The number of ether oxygens (including phenoxy) is 5. The molecule has 28 heavy (non-hydrogen) atoms. The quantitative estimate of drug-likeness (QED) is 0.210. The maximum absolute atomic E-state index is 10.6. The van der Waals surface area contributed by atoms with Crippen LogP contribution in [0.1, 0.15) is 32.6 Å². The Balaban J connectivity index is 0. The number of aliphatic hydroxyl groups is 1. The molecule has 0 aliphatic heterocycles. The summed E-state index contributed by atoms with van der Waals surface area (Å²) in [5.74, 6) is -0.794. The van der Waals surface area contributed by atoms with Crippen LogP contribution in [0.5, 0.6) is 0 Å². The van der Waals surface area contributed by atoms with Crippen LogP contribution in [0.4, 0.5) is 0 Å². The predicted octanol–water partition coefficient (Wildman–Crippen LogP) is 2.05. The van der Waals surface area contributed by atoms with Crippen molar-refractivity contribution in [1.29, 1.82) is 0 Å². The molecule has 0 rings (SSSR count). The minimum atomic E-state index is -0.454. The van der Waals surface area contributed by atoms with Crippen LogP contribution in [0.25, 0.3) is 0 Å². The SMILES string of the molecule is C=CC(=O)OCCCCCOCCC.C=CC(=O)OCCOCCOCCO. The van der Waals surface area contributed by atoms with Crippen molar-refractivity contribution in [3.63, 3.8) is 0 Å². The van der Waals surface area contributed by atoms with Gasteiger partial charge in [0.1, 0.15) is 6.61 Å². The van der Waals surface area contributed by atoms with E-state index in [4.69, 9.17) is 24.1 Å². The van der Waals surface area contributed by atoms with Gasteiger partial charge in [-0.05, 0) is 25.7 Å². The van der Waals surface area contributed by atoms with Crippen LogP contribution in [0.15, 0.2) is 25.3 Å². The average Bonchev–Trinajstić information content (AvgIpc) is 2.72. The Morgan fingerprint density at radius 3 is 1.79 bits per heavy atom. The van der Waals surface area contributed by atoms with Gasteiger partial charge in [0.2, 0.25) is 0 Å². The van der Waals surface area contributed by atoms with E-state index in [1.165, 1.54) is 6.08 Å². The molecule has 0 atom stereocenters. The molecule has 0 spiro atoms. The second-order valence-electron chi connectivity index (χ2n) is 5.36. The normalized spacial score (nSPS) is 9.79. The Labute approximate surface area is 168 Å². The summed E-state index contributed by atoms with van der Waals surface area (Å²) >= 11 is 0. The third kappa shape index (κ3) is 26.5. The number of aliphatic hydroxyl groups excluding tert-OH is 1. The largest absolute Gasteiger partial charge is 0.463 e. The van der Waals surface area contributed by atoms with Crippen LogP contribution in [0.3, 0.4) is 0 Å². The highest BCUT2D eigenvalue weighted by Crippen LogP contribution is 1.97. The van der Waals surface area contributed by atoms with Crippen molar-refractivity contribution in [3.05, 3.63) is 25.3 Å². The minimum absolute atomic E-state index is 0.0109. The third-order valence-corrected chi connectivity index (χ3v) is 2.94. The zero-order valence-corrected chi connectivity index (χ0v) is 17.1. The molecule has 0 amide bonds. The smallest absolute Gasteiger partial charge is 0.330 e. The van der Waals surface area contributed by atoms with E-state index in [2.05, 4.69) is 24.8 Å². The van der Waals surface area contributed by atoms with Crippen LogP contribution in [0.2, 0.25) is 0 Å². The van der Waals surface area contributed by atoms with Gasteiger partial charge in [-0.3, -0.25) is 0 Å².